The largest absolute Gasteiger partial charge is 0.370 e. The third kappa shape index (κ3) is 5.93. The second kappa shape index (κ2) is 8.72. The second-order valence-electron chi connectivity index (χ2n) is 4.39. The van der Waals surface area contributed by atoms with Crippen molar-refractivity contribution >= 4 is 53.0 Å². The van der Waals surface area contributed by atoms with Crippen LogP contribution in [0.4, 0.5) is 11.4 Å². The molecule has 2 rings (SSSR count). The molecule has 6 N–H and O–H groups in total. The molecule has 0 aliphatic heterocycles. The molecule has 0 radical (unpaired) electrons. The van der Waals surface area contributed by atoms with Gasteiger partial charge in [-0.25, -0.2) is 0 Å². The van der Waals surface area contributed by atoms with Crippen molar-refractivity contribution in [2.45, 2.75) is 0 Å². The molecule has 0 aliphatic carbocycles. The van der Waals surface area contributed by atoms with Gasteiger partial charge in [0.1, 0.15) is 0 Å². The quantitative estimate of drug-likeness (QED) is 0.333. The normalized spacial score (nSPS) is 9.22. The SMILES string of the molecule is Cl.N=C(N)NC(=O)c1cccc(NC(=S)Nc2ccccc2)c1. The van der Waals surface area contributed by atoms with Crippen molar-refractivity contribution in [3.8, 4) is 0 Å². The Morgan fingerprint density at radius 1 is 1.00 bits per heavy atom. The minimum absolute atomic E-state index is 0. The zero-order valence-corrected chi connectivity index (χ0v) is 13.6. The predicted octanol–water partition coefficient (Wildman–Crippen LogP) is 2.54. The summed E-state index contributed by atoms with van der Waals surface area (Å²) < 4.78 is 0. The lowest BCUT2D eigenvalue weighted by atomic mass is 10.2. The molecule has 0 aromatic heterocycles. The van der Waals surface area contributed by atoms with Crippen LogP contribution in [0, 0.1) is 5.41 Å². The number of anilines is 2. The fourth-order valence-corrected chi connectivity index (χ4v) is 1.98. The van der Waals surface area contributed by atoms with E-state index < -0.39 is 11.9 Å². The van der Waals surface area contributed by atoms with Crippen molar-refractivity contribution in [1.82, 2.24) is 5.32 Å². The number of nitrogens with two attached hydrogens (primary N) is 1. The molecule has 23 heavy (non-hydrogen) atoms. The highest BCUT2D eigenvalue weighted by Gasteiger charge is 2.07. The molecule has 0 aliphatic rings. The average molecular weight is 350 g/mol. The van der Waals surface area contributed by atoms with Gasteiger partial charge in [0, 0.05) is 16.9 Å². The third-order valence-electron chi connectivity index (χ3n) is 2.66. The van der Waals surface area contributed by atoms with Gasteiger partial charge in [0.05, 0.1) is 0 Å². The van der Waals surface area contributed by atoms with Crippen LogP contribution in [0.3, 0.4) is 0 Å². The molecule has 0 fully saturated rings. The van der Waals surface area contributed by atoms with E-state index in [-0.39, 0.29) is 12.4 Å². The van der Waals surface area contributed by atoms with E-state index in [0.29, 0.717) is 16.4 Å². The van der Waals surface area contributed by atoms with Crippen LogP contribution in [0.15, 0.2) is 54.6 Å². The lowest BCUT2D eigenvalue weighted by Crippen LogP contribution is -2.35. The van der Waals surface area contributed by atoms with Crippen molar-refractivity contribution in [3.63, 3.8) is 0 Å². The maximum atomic E-state index is 11.8. The van der Waals surface area contributed by atoms with Crippen LogP contribution in [-0.2, 0) is 0 Å². The monoisotopic (exact) mass is 349 g/mol. The fraction of sp³-hybridized carbons (Fsp3) is 0. The van der Waals surface area contributed by atoms with E-state index >= 15 is 0 Å². The van der Waals surface area contributed by atoms with E-state index in [0.717, 1.165) is 5.69 Å². The zero-order valence-electron chi connectivity index (χ0n) is 12.0. The maximum Gasteiger partial charge on any atom is 0.258 e. The Balaban J connectivity index is 0.00000264. The summed E-state index contributed by atoms with van der Waals surface area (Å²) in [6.45, 7) is 0. The predicted molar refractivity (Wildman–Crippen MR) is 99.4 cm³/mol. The summed E-state index contributed by atoms with van der Waals surface area (Å²) in [5.74, 6) is -0.845. The summed E-state index contributed by atoms with van der Waals surface area (Å²) in [5.41, 5.74) is 7.04. The minimum atomic E-state index is -0.446. The number of hydrogen-bond donors (Lipinski definition) is 5. The smallest absolute Gasteiger partial charge is 0.258 e. The number of rotatable bonds is 3. The minimum Gasteiger partial charge on any atom is -0.370 e. The average Bonchev–Trinajstić information content (AvgIpc) is 2.47. The Morgan fingerprint density at radius 3 is 2.26 bits per heavy atom. The topological polar surface area (TPSA) is 103 Å². The van der Waals surface area contributed by atoms with Gasteiger partial charge in [0.2, 0.25) is 0 Å². The van der Waals surface area contributed by atoms with Crippen molar-refractivity contribution in [2.75, 3.05) is 10.6 Å². The summed E-state index contributed by atoms with van der Waals surface area (Å²) >= 11 is 5.22. The van der Waals surface area contributed by atoms with E-state index in [9.17, 15) is 4.79 Å². The Bertz CT molecular complexity index is 708. The first kappa shape index (κ1) is 18.4. The van der Waals surface area contributed by atoms with E-state index in [1.807, 2.05) is 30.3 Å². The molecule has 6 nitrogen and oxygen atoms in total. The number of carbonyl (C=O) groups excluding carboxylic acids is 1. The molecule has 120 valence electrons. The fourth-order valence-electron chi connectivity index (χ4n) is 1.75. The maximum absolute atomic E-state index is 11.8. The summed E-state index contributed by atoms with van der Waals surface area (Å²) in [6.07, 6.45) is 0. The van der Waals surface area contributed by atoms with Crippen LogP contribution < -0.4 is 21.7 Å². The van der Waals surface area contributed by atoms with E-state index in [4.69, 9.17) is 23.4 Å². The van der Waals surface area contributed by atoms with E-state index in [1.54, 1.807) is 24.3 Å². The second-order valence-corrected chi connectivity index (χ2v) is 4.80. The van der Waals surface area contributed by atoms with Crippen molar-refractivity contribution in [1.29, 1.82) is 5.41 Å². The highest BCUT2D eigenvalue weighted by atomic mass is 35.5. The molecule has 0 atom stereocenters. The molecule has 0 bridgehead atoms. The molecular formula is C15H16ClN5OS. The van der Waals surface area contributed by atoms with Crippen LogP contribution in [0.5, 0.6) is 0 Å². The van der Waals surface area contributed by atoms with E-state index in [2.05, 4.69) is 16.0 Å². The van der Waals surface area contributed by atoms with Crippen molar-refractivity contribution in [2.24, 2.45) is 5.73 Å². The van der Waals surface area contributed by atoms with E-state index in [1.165, 1.54) is 0 Å². The third-order valence-corrected chi connectivity index (χ3v) is 2.87. The van der Waals surface area contributed by atoms with Gasteiger partial charge in [-0.1, -0.05) is 24.3 Å². The molecule has 0 saturated carbocycles. The van der Waals surface area contributed by atoms with Crippen LogP contribution in [0.1, 0.15) is 10.4 Å². The number of para-hydroxylation sites is 1. The van der Waals surface area contributed by atoms with Crippen molar-refractivity contribution in [3.05, 3.63) is 60.2 Å². The first-order valence-electron chi connectivity index (χ1n) is 6.43. The van der Waals surface area contributed by atoms with Gasteiger partial charge < -0.3 is 16.4 Å². The Kier molecular flexibility index (Phi) is 6.98. The van der Waals surface area contributed by atoms with Gasteiger partial charge in [0.25, 0.3) is 5.91 Å². The van der Waals surface area contributed by atoms with Gasteiger partial charge in [-0.05, 0) is 42.5 Å². The molecule has 8 heteroatoms. The van der Waals surface area contributed by atoms with Crippen LogP contribution in [-0.4, -0.2) is 17.0 Å². The van der Waals surface area contributed by atoms with Gasteiger partial charge >= 0.3 is 0 Å². The zero-order chi connectivity index (χ0) is 15.9. The van der Waals surface area contributed by atoms with Gasteiger partial charge in [-0.2, -0.15) is 0 Å². The molecule has 1 amide bonds. The summed E-state index contributed by atoms with van der Waals surface area (Å²) in [5, 5.41) is 15.7. The first-order valence-corrected chi connectivity index (χ1v) is 6.84. The van der Waals surface area contributed by atoms with Crippen LogP contribution in [0.25, 0.3) is 0 Å². The number of halogens is 1. The Morgan fingerprint density at radius 2 is 1.61 bits per heavy atom. The van der Waals surface area contributed by atoms with Gasteiger partial charge in [-0.15, -0.1) is 12.4 Å². The molecule has 0 saturated heterocycles. The van der Waals surface area contributed by atoms with Crippen LogP contribution in [0.2, 0.25) is 0 Å². The van der Waals surface area contributed by atoms with Gasteiger partial charge in [-0.3, -0.25) is 15.5 Å². The highest BCUT2D eigenvalue weighted by molar-refractivity contribution is 7.80. The number of guanidine groups is 1. The molecule has 0 heterocycles. The summed E-state index contributed by atoms with van der Waals surface area (Å²) in [4.78, 5) is 11.8. The molecule has 0 unspecified atom stereocenters. The lowest BCUT2D eigenvalue weighted by Gasteiger charge is -2.11. The Labute approximate surface area is 145 Å². The molecular weight excluding hydrogens is 334 g/mol. The first-order chi connectivity index (χ1) is 10.5. The Hall–Kier alpha value is -2.64. The number of nitrogens with one attached hydrogen (secondary N) is 4. The van der Waals surface area contributed by atoms with Crippen molar-refractivity contribution < 1.29 is 4.79 Å². The number of thiocarbonyl (C=S) groups is 1. The summed E-state index contributed by atoms with van der Waals surface area (Å²) in [7, 11) is 0. The standard InChI is InChI=1S/C15H15N5OS.ClH/c16-14(17)20-13(21)10-5-4-8-12(9-10)19-15(22)18-11-6-2-1-3-7-11;/h1-9H,(H2,18,19,22)(H4,16,17,20,21);1H. The molecule has 2 aromatic rings. The van der Waals surface area contributed by atoms with Crippen LogP contribution >= 0.6 is 24.6 Å². The summed E-state index contributed by atoms with van der Waals surface area (Å²) in [6, 6.07) is 16.2. The number of hydrogen-bond acceptors (Lipinski definition) is 3. The number of benzene rings is 2. The number of carbonyl (C=O) groups is 1. The van der Waals surface area contributed by atoms with Gasteiger partial charge in [0.15, 0.2) is 11.1 Å². The molecule has 0 spiro atoms. The lowest BCUT2D eigenvalue weighted by molar-refractivity contribution is 0.0976. The number of amides is 1. The highest BCUT2D eigenvalue weighted by Crippen LogP contribution is 2.12. The molecule has 2 aromatic carbocycles.